The molecule has 1 N–H and O–H groups in total. The molecule has 3 rings (SSSR count). The zero-order valence-corrected chi connectivity index (χ0v) is 14.9. The average molecular weight is 379 g/mol. The van der Waals surface area contributed by atoms with Gasteiger partial charge in [0.15, 0.2) is 6.10 Å². The quantitative estimate of drug-likeness (QED) is 0.401. The van der Waals surface area contributed by atoms with E-state index in [2.05, 4.69) is 5.32 Å². The van der Waals surface area contributed by atoms with Crippen molar-refractivity contribution in [2.24, 2.45) is 0 Å². The molecule has 142 valence electrons. The summed E-state index contributed by atoms with van der Waals surface area (Å²) >= 11 is 0. The Bertz CT molecular complexity index is 980. The molecular formula is C20H17N3O5. The van der Waals surface area contributed by atoms with E-state index in [-0.39, 0.29) is 5.69 Å². The maximum absolute atomic E-state index is 12.2. The summed E-state index contributed by atoms with van der Waals surface area (Å²) in [6.45, 7) is 1.45. The van der Waals surface area contributed by atoms with E-state index in [0.717, 1.165) is 5.69 Å². The van der Waals surface area contributed by atoms with Crippen LogP contribution in [0.4, 0.5) is 11.4 Å². The van der Waals surface area contributed by atoms with Crippen LogP contribution >= 0.6 is 0 Å². The Kier molecular flexibility index (Phi) is 5.50. The van der Waals surface area contributed by atoms with Gasteiger partial charge in [-0.2, -0.15) is 0 Å². The van der Waals surface area contributed by atoms with Crippen LogP contribution in [0, 0.1) is 10.1 Å². The van der Waals surface area contributed by atoms with E-state index in [1.54, 1.807) is 24.3 Å². The number of nitrogens with one attached hydrogen (secondary N) is 1. The third-order valence-electron chi connectivity index (χ3n) is 4.00. The molecule has 1 unspecified atom stereocenters. The Balaban J connectivity index is 1.58. The van der Waals surface area contributed by atoms with E-state index in [9.17, 15) is 19.7 Å². The van der Waals surface area contributed by atoms with Gasteiger partial charge >= 0.3 is 5.97 Å². The highest BCUT2D eigenvalue weighted by Crippen LogP contribution is 2.16. The normalized spacial score (nSPS) is 11.5. The maximum Gasteiger partial charge on any atom is 0.338 e. The van der Waals surface area contributed by atoms with Gasteiger partial charge in [0.1, 0.15) is 0 Å². The van der Waals surface area contributed by atoms with Crippen LogP contribution < -0.4 is 5.32 Å². The van der Waals surface area contributed by atoms with Gasteiger partial charge < -0.3 is 14.6 Å². The second kappa shape index (κ2) is 8.17. The molecule has 0 saturated heterocycles. The first-order valence-electron chi connectivity index (χ1n) is 8.44. The van der Waals surface area contributed by atoms with Crippen molar-refractivity contribution in [2.45, 2.75) is 13.0 Å². The predicted octanol–water partition coefficient (Wildman–Crippen LogP) is 3.57. The van der Waals surface area contributed by atoms with Gasteiger partial charge in [-0.1, -0.05) is 0 Å². The maximum atomic E-state index is 12.2. The zero-order valence-electron chi connectivity index (χ0n) is 14.9. The second-order valence-electron chi connectivity index (χ2n) is 5.98. The zero-order chi connectivity index (χ0) is 20.1. The summed E-state index contributed by atoms with van der Waals surface area (Å²) in [5, 5.41) is 13.2. The Hall–Kier alpha value is -3.94. The lowest BCUT2D eigenvalue weighted by Gasteiger charge is -2.14. The van der Waals surface area contributed by atoms with Gasteiger partial charge in [-0.25, -0.2) is 4.79 Å². The van der Waals surface area contributed by atoms with Crippen LogP contribution in [0.3, 0.4) is 0 Å². The first kappa shape index (κ1) is 18.8. The average Bonchev–Trinajstić information content (AvgIpc) is 3.23. The molecule has 1 amide bonds. The van der Waals surface area contributed by atoms with E-state index < -0.39 is 22.9 Å². The number of carbonyl (C=O) groups is 2. The van der Waals surface area contributed by atoms with Gasteiger partial charge in [0, 0.05) is 35.9 Å². The van der Waals surface area contributed by atoms with Crippen LogP contribution in [0.5, 0.6) is 0 Å². The summed E-state index contributed by atoms with van der Waals surface area (Å²) in [4.78, 5) is 34.5. The molecule has 8 nitrogen and oxygen atoms in total. The van der Waals surface area contributed by atoms with Crippen LogP contribution in [-0.4, -0.2) is 27.5 Å². The molecular weight excluding hydrogens is 362 g/mol. The third kappa shape index (κ3) is 4.42. The number of nitro groups is 1. The van der Waals surface area contributed by atoms with Gasteiger partial charge in [0.05, 0.1) is 10.5 Å². The number of hydrogen-bond acceptors (Lipinski definition) is 5. The van der Waals surface area contributed by atoms with Gasteiger partial charge in [0.25, 0.3) is 11.6 Å². The fourth-order valence-electron chi connectivity index (χ4n) is 2.47. The minimum atomic E-state index is -1.04. The van der Waals surface area contributed by atoms with Crippen molar-refractivity contribution < 1.29 is 19.2 Å². The van der Waals surface area contributed by atoms with Crippen molar-refractivity contribution in [3.05, 3.63) is 88.7 Å². The standard InChI is InChI=1S/C20H17N3O5/c1-14(19(24)21-16-6-10-18(11-7-16)23(26)27)28-20(25)15-4-8-17(9-5-15)22-12-2-3-13-22/h2-14H,1H3,(H,21,24). The van der Waals surface area contributed by atoms with E-state index in [0.29, 0.717) is 11.3 Å². The number of benzene rings is 2. The van der Waals surface area contributed by atoms with Gasteiger partial charge in [-0.3, -0.25) is 14.9 Å². The number of hydrogen-bond donors (Lipinski definition) is 1. The molecule has 0 saturated carbocycles. The van der Waals surface area contributed by atoms with E-state index in [1.807, 2.05) is 29.1 Å². The highest BCUT2D eigenvalue weighted by atomic mass is 16.6. The molecule has 1 atom stereocenters. The van der Waals surface area contributed by atoms with E-state index in [1.165, 1.54) is 31.2 Å². The molecule has 28 heavy (non-hydrogen) atoms. The molecule has 0 spiro atoms. The summed E-state index contributed by atoms with van der Waals surface area (Å²) < 4.78 is 7.10. The minimum Gasteiger partial charge on any atom is -0.449 e. The van der Waals surface area contributed by atoms with Crippen LogP contribution in [-0.2, 0) is 9.53 Å². The number of nitro benzene ring substituents is 1. The Morgan fingerprint density at radius 1 is 1.04 bits per heavy atom. The molecule has 0 radical (unpaired) electrons. The number of rotatable bonds is 6. The topological polar surface area (TPSA) is 103 Å². The monoisotopic (exact) mass is 379 g/mol. The highest BCUT2D eigenvalue weighted by Gasteiger charge is 2.19. The number of aromatic nitrogens is 1. The molecule has 0 aliphatic heterocycles. The van der Waals surface area contributed by atoms with Crippen molar-refractivity contribution in [2.75, 3.05) is 5.32 Å². The lowest BCUT2D eigenvalue weighted by atomic mass is 10.2. The second-order valence-corrected chi connectivity index (χ2v) is 5.98. The Morgan fingerprint density at radius 2 is 1.64 bits per heavy atom. The van der Waals surface area contributed by atoms with Crippen molar-refractivity contribution in [1.82, 2.24) is 4.57 Å². The predicted molar refractivity (Wildman–Crippen MR) is 102 cm³/mol. The molecule has 1 heterocycles. The Labute approximate surface area is 160 Å². The largest absolute Gasteiger partial charge is 0.449 e. The smallest absolute Gasteiger partial charge is 0.338 e. The number of non-ortho nitro benzene ring substituents is 1. The Morgan fingerprint density at radius 3 is 2.21 bits per heavy atom. The molecule has 0 aliphatic carbocycles. The first-order chi connectivity index (χ1) is 13.4. The third-order valence-corrected chi connectivity index (χ3v) is 4.00. The molecule has 0 bridgehead atoms. The number of amides is 1. The van der Waals surface area contributed by atoms with Gasteiger partial charge in [0.2, 0.25) is 0 Å². The summed E-state index contributed by atoms with van der Waals surface area (Å²) in [6.07, 6.45) is 2.74. The van der Waals surface area contributed by atoms with E-state index in [4.69, 9.17) is 4.74 Å². The van der Waals surface area contributed by atoms with Crippen LogP contribution in [0.2, 0.25) is 0 Å². The summed E-state index contributed by atoms with van der Waals surface area (Å²) in [5.74, 6) is -1.16. The van der Waals surface area contributed by atoms with Crippen molar-refractivity contribution in [3.8, 4) is 5.69 Å². The highest BCUT2D eigenvalue weighted by molar-refractivity contribution is 5.97. The van der Waals surface area contributed by atoms with Crippen molar-refractivity contribution in [1.29, 1.82) is 0 Å². The van der Waals surface area contributed by atoms with Crippen LogP contribution in [0.15, 0.2) is 73.1 Å². The number of ether oxygens (including phenoxy) is 1. The lowest BCUT2D eigenvalue weighted by Crippen LogP contribution is -2.30. The fourth-order valence-corrected chi connectivity index (χ4v) is 2.47. The first-order valence-corrected chi connectivity index (χ1v) is 8.44. The fraction of sp³-hybridized carbons (Fsp3) is 0.100. The molecule has 0 fully saturated rings. The number of anilines is 1. The number of esters is 1. The number of carbonyl (C=O) groups excluding carboxylic acids is 2. The number of nitrogens with zero attached hydrogens (tertiary/aromatic N) is 2. The summed E-state index contributed by atoms with van der Waals surface area (Å²) in [5.41, 5.74) is 1.51. The molecule has 8 heteroatoms. The van der Waals surface area contributed by atoms with Crippen LogP contribution in [0.25, 0.3) is 5.69 Å². The SMILES string of the molecule is CC(OC(=O)c1ccc(-n2cccc2)cc1)C(=O)Nc1ccc([N+](=O)[O-])cc1. The van der Waals surface area contributed by atoms with E-state index >= 15 is 0 Å². The van der Waals surface area contributed by atoms with Gasteiger partial charge in [-0.05, 0) is 55.5 Å². The summed E-state index contributed by atoms with van der Waals surface area (Å²) in [6, 6.07) is 16.0. The van der Waals surface area contributed by atoms with Gasteiger partial charge in [-0.15, -0.1) is 0 Å². The molecule has 3 aromatic rings. The molecule has 0 aliphatic rings. The molecule has 1 aromatic heterocycles. The van der Waals surface area contributed by atoms with Crippen LogP contribution in [0.1, 0.15) is 17.3 Å². The minimum absolute atomic E-state index is 0.0826. The van der Waals surface area contributed by atoms with Crippen molar-refractivity contribution >= 4 is 23.3 Å². The lowest BCUT2D eigenvalue weighted by molar-refractivity contribution is -0.384. The van der Waals surface area contributed by atoms with Crippen molar-refractivity contribution in [3.63, 3.8) is 0 Å². The summed E-state index contributed by atoms with van der Waals surface area (Å²) in [7, 11) is 0. The molecule has 2 aromatic carbocycles.